The molecule has 2 aliphatic heterocycles. The van der Waals surface area contributed by atoms with E-state index in [9.17, 15) is 39.0 Å². The molecule has 0 saturated carbocycles. The molecule has 0 aliphatic carbocycles. The molecule has 4 atom stereocenters. The fraction of sp³-hybridized carbons (Fsp3) is 0.190. The highest BCUT2D eigenvalue weighted by Gasteiger charge is 2.52. The number of ether oxygens (including phenoxy) is 8. The van der Waals surface area contributed by atoms with E-state index in [1.54, 1.807) is 0 Å². The molecule has 0 radical (unpaired) electrons. The largest absolute Gasteiger partial charge is 0.493 e. The Hall–Kier alpha value is -7.30. The van der Waals surface area contributed by atoms with E-state index in [1.807, 2.05) is 0 Å². The third-order valence-electron chi connectivity index (χ3n) is 9.34. The number of carbonyl (C=O) groups excluding carboxylic acids is 4. The highest BCUT2D eigenvalue weighted by atomic mass is 16.6. The Morgan fingerprint density at radius 2 is 0.931 bits per heavy atom. The molecule has 58 heavy (non-hydrogen) atoms. The van der Waals surface area contributed by atoms with Crippen molar-refractivity contribution in [2.75, 3.05) is 27.4 Å². The van der Waals surface area contributed by atoms with Gasteiger partial charge >= 0.3 is 35.8 Å². The van der Waals surface area contributed by atoms with E-state index >= 15 is 0 Å². The van der Waals surface area contributed by atoms with Crippen molar-refractivity contribution in [2.24, 2.45) is 0 Å². The van der Waals surface area contributed by atoms with Crippen LogP contribution in [0.1, 0.15) is 64.4 Å². The zero-order valence-electron chi connectivity index (χ0n) is 30.8. The van der Waals surface area contributed by atoms with E-state index in [0.717, 1.165) is 12.2 Å². The third kappa shape index (κ3) is 8.14. The molecule has 4 aromatic rings. The molecule has 16 heteroatoms. The molecular weight excluding hydrogens is 760 g/mol. The summed E-state index contributed by atoms with van der Waals surface area (Å²) in [4.78, 5) is 74.6. The highest BCUT2D eigenvalue weighted by molar-refractivity contribution is 5.95. The van der Waals surface area contributed by atoms with Gasteiger partial charge in [-0.2, -0.15) is 0 Å². The number of hydrogen-bond acceptors (Lipinski definition) is 14. The number of benzene rings is 4. The number of hydrogen-bond donors (Lipinski definition) is 2. The molecule has 16 nitrogen and oxygen atoms in total. The SMILES string of the molecule is C=CC(=O)Oc1ccc(C(=O)Oc2ccc(C(=O)O)c([C@H]3CO[C@H]4[C@@H]3OC[C@H]4c3c(C(=O)O)ccc(OC(=O)c4ccc(OC(=O)C=C)cc4)c3OC)c2OC)cc1. The van der Waals surface area contributed by atoms with Crippen LogP contribution in [0.5, 0.6) is 34.5 Å². The van der Waals surface area contributed by atoms with Crippen LogP contribution < -0.4 is 28.4 Å². The van der Waals surface area contributed by atoms with E-state index in [0.29, 0.717) is 0 Å². The van der Waals surface area contributed by atoms with Gasteiger partial charge in [0.2, 0.25) is 0 Å². The molecule has 2 saturated heterocycles. The first-order valence-electron chi connectivity index (χ1n) is 17.3. The minimum atomic E-state index is -1.31. The summed E-state index contributed by atoms with van der Waals surface area (Å²) in [6, 6.07) is 16.1. The second-order valence-corrected chi connectivity index (χ2v) is 12.6. The van der Waals surface area contributed by atoms with Crippen molar-refractivity contribution >= 4 is 35.8 Å². The van der Waals surface area contributed by atoms with Crippen molar-refractivity contribution in [1.82, 2.24) is 0 Å². The molecular formula is C42H34O16. The van der Waals surface area contributed by atoms with Crippen molar-refractivity contribution in [1.29, 1.82) is 0 Å². The number of methoxy groups -OCH3 is 2. The summed E-state index contributed by atoms with van der Waals surface area (Å²) in [5, 5.41) is 20.5. The summed E-state index contributed by atoms with van der Waals surface area (Å²) < 4.78 is 45.2. The maximum Gasteiger partial charge on any atom is 0.343 e. The van der Waals surface area contributed by atoms with Gasteiger partial charge in [-0.05, 0) is 72.8 Å². The summed E-state index contributed by atoms with van der Waals surface area (Å²) in [6.45, 7) is 6.45. The molecule has 0 aromatic heterocycles. The van der Waals surface area contributed by atoms with Gasteiger partial charge in [0.05, 0.1) is 61.9 Å². The molecule has 2 aliphatic rings. The summed E-state index contributed by atoms with van der Waals surface area (Å²) in [6.07, 6.45) is 0.251. The van der Waals surface area contributed by atoms with Crippen molar-refractivity contribution in [2.45, 2.75) is 24.0 Å². The second-order valence-electron chi connectivity index (χ2n) is 12.6. The fourth-order valence-corrected chi connectivity index (χ4v) is 6.80. The molecule has 6 rings (SSSR count). The van der Waals surface area contributed by atoms with E-state index < -0.39 is 59.9 Å². The van der Waals surface area contributed by atoms with Gasteiger partial charge in [0.1, 0.15) is 11.5 Å². The zero-order valence-corrected chi connectivity index (χ0v) is 30.8. The number of aromatic carboxylic acids is 2. The Labute approximate surface area is 329 Å². The standard InChI is InChI=1S/C42H34O16/c1-5-31(43)55-23-11-7-21(8-12-23)41(49)57-29-17-15-25(39(45)46)33(37(29)51-3)27-19-53-36-28(20-54-35(27)36)34-26(40(47)48)16-18-30(38(34)52-4)58-42(50)22-9-13-24(14-10-22)56-32(44)6-2/h5-18,27-28,35-36H,1-2,19-20H2,3-4H3,(H,45,46)(H,47,48)/t27-,28+,35-,36-/m1/s1. The van der Waals surface area contributed by atoms with Crippen LogP contribution in [0.3, 0.4) is 0 Å². The van der Waals surface area contributed by atoms with Gasteiger partial charge in [0, 0.05) is 35.1 Å². The van der Waals surface area contributed by atoms with Gasteiger partial charge < -0.3 is 48.1 Å². The van der Waals surface area contributed by atoms with Gasteiger partial charge in [-0.1, -0.05) is 13.2 Å². The Bertz CT molecular complexity index is 2150. The predicted octanol–water partition coefficient (Wildman–Crippen LogP) is 5.39. The van der Waals surface area contributed by atoms with Crippen LogP contribution >= 0.6 is 0 Å². The lowest BCUT2D eigenvalue weighted by Crippen LogP contribution is -2.27. The van der Waals surface area contributed by atoms with Crippen LogP contribution in [0.15, 0.2) is 98.1 Å². The van der Waals surface area contributed by atoms with Gasteiger partial charge in [-0.25, -0.2) is 28.8 Å². The van der Waals surface area contributed by atoms with Crippen molar-refractivity contribution in [3.8, 4) is 34.5 Å². The van der Waals surface area contributed by atoms with E-state index in [4.69, 9.17) is 37.9 Å². The number of carboxylic acids is 2. The zero-order chi connectivity index (χ0) is 41.7. The average molecular weight is 795 g/mol. The number of carboxylic acid groups (broad SMARTS) is 2. The predicted molar refractivity (Wildman–Crippen MR) is 199 cm³/mol. The van der Waals surface area contributed by atoms with Crippen LogP contribution in [-0.4, -0.2) is 85.7 Å². The first kappa shape index (κ1) is 40.4. The quantitative estimate of drug-likeness (QED) is 0.0930. The Morgan fingerprint density at radius 1 is 0.569 bits per heavy atom. The van der Waals surface area contributed by atoms with Crippen LogP contribution in [-0.2, 0) is 19.1 Å². The maximum atomic E-state index is 13.2. The van der Waals surface area contributed by atoms with Gasteiger partial charge in [0.25, 0.3) is 0 Å². The number of esters is 4. The maximum absolute atomic E-state index is 13.2. The van der Waals surface area contributed by atoms with Crippen LogP contribution in [0.2, 0.25) is 0 Å². The van der Waals surface area contributed by atoms with E-state index in [-0.39, 0.29) is 81.1 Å². The van der Waals surface area contributed by atoms with E-state index in [2.05, 4.69) is 13.2 Å². The lowest BCUT2D eigenvalue weighted by atomic mass is 9.84. The topological polar surface area (TPSA) is 217 Å². The summed E-state index contributed by atoms with van der Waals surface area (Å²) >= 11 is 0. The summed E-state index contributed by atoms with van der Waals surface area (Å²) in [7, 11) is 2.55. The monoisotopic (exact) mass is 794 g/mol. The minimum absolute atomic E-state index is 0.0734. The molecule has 2 N–H and O–H groups in total. The molecule has 4 aromatic carbocycles. The Morgan fingerprint density at radius 3 is 1.24 bits per heavy atom. The fourth-order valence-electron chi connectivity index (χ4n) is 6.80. The third-order valence-corrected chi connectivity index (χ3v) is 9.34. The highest BCUT2D eigenvalue weighted by Crippen LogP contribution is 2.51. The average Bonchev–Trinajstić information content (AvgIpc) is 3.83. The minimum Gasteiger partial charge on any atom is -0.493 e. The first-order valence-corrected chi connectivity index (χ1v) is 17.3. The van der Waals surface area contributed by atoms with Gasteiger partial charge in [-0.15, -0.1) is 0 Å². The number of carbonyl (C=O) groups is 6. The van der Waals surface area contributed by atoms with Crippen molar-refractivity contribution < 1.29 is 76.9 Å². The molecule has 0 unspecified atom stereocenters. The normalized spacial score (nSPS) is 17.9. The lowest BCUT2D eigenvalue weighted by Gasteiger charge is -2.23. The second kappa shape index (κ2) is 17.2. The molecule has 0 bridgehead atoms. The summed E-state index contributed by atoms with van der Waals surface area (Å²) in [5.74, 6) is -7.33. The van der Waals surface area contributed by atoms with Crippen molar-refractivity contribution in [3.05, 3.63) is 131 Å². The van der Waals surface area contributed by atoms with Gasteiger partial charge in [0.15, 0.2) is 23.0 Å². The lowest BCUT2D eigenvalue weighted by molar-refractivity contribution is -0.129. The van der Waals surface area contributed by atoms with Crippen LogP contribution in [0, 0.1) is 0 Å². The first-order chi connectivity index (χ1) is 27.9. The Kier molecular flexibility index (Phi) is 12.0. The molecule has 0 spiro atoms. The number of fused-ring (bicyclic) bond motifs is 1. The molecule has 2 fully saturated rings. The van der Waals surface area contributed by atoms with Gasteiger partial charge in [-0.3, -0.25) is 0 Å². The molecule has 2 heterocycles. The number of rotatable bonds is 14. The van der Waals surface area contributed by atoms with Crippen LogP contribution in [0.25, 0.3) is 0 Å². The van der Waals surface area contributed by atoms with Crippen molar-refractivity contribution in [3.63, 3.8) is 0 Å². The van der Waals surface area contributed by atoms with E-state index in [1.165, 1.54) is 87.0 Å². The Balaban J connectivity index is 1.29. The smallest absolute Gasteiger partial charge is 0.343 e. The molecule has 0 amide bonds. The summed E-state index contributed by atoms with van der Waals surface area (Å²) in [5.41, 5.74) is 0.0103. The van der Waals surface area contributed by atoms with Crippen LogP contribution in [0.4, 0.5) is 0 Å². The molecule has 298 valence electrons.